The summed E-state index contributed by atoms with van der Waals surface area (Å²) in [5, 5.41) is 22.6. The topological polar surface area (TPSA) is 105 Å². The monoisotopic (exact) mass is 297 g/mol. The Morgan fingerprint density at radius 3 is 2.71 bits per heavy atom. The van der Waals surface area contributed by atoms with Crippen molar-refractivity contribution < 1.29 is 19.6 Å². The molecule has 21 heavy (non-hydrogen) atoms. The zero-order chi connectivity index (χ0) is 15.8. The van der Waals surface area contributed by atoms with Crippen LogP contribution in [0.5, 0.6) is 0 Å². The smallest absolute Gasteiger partial charge is 0.337 e. The minimum atomic E-state index is -1.14. The van der Waals surface area contributed by atoms with Gasteiger partial charge in [0.15, 0.2) is 0 Å². The first-order valence-electron chi connectivity index (χ1n) is 6.40. The van der Waals surface area contributed by atoms with Crippen LogP contribution in [0.2, 0.25) is 0 Å². The van der Waals surface area contributed by atoms with Crippen LogP contribution in [0.15, 0.2) is 18.2 Å². The normalized spacial score (nSPS) is 10.6. The van der Waals surface area contributed by atoms with Gasteiger partial charge < -0.3 is 20.1 Å². The highest BCUT2D eigenvalue weighted by atomic mass is 16.6. The fourth-order valence-electron chi connectivity index (χ4n) is 1.59. The molecule has 0 aliphatic rings. The van der Waals surface area contributed by atoms with Gasteiger partial charge in [-0.15, -0.1) is 0 Å². The molecule has 8 heteroatoms. The maximum absolute atomic E-state index is 11.1. The Labute approximate surface area is 122 Å². The summed E-state index contributed by atoms with van der Waals surface area (Å²) in [6.45, 7) is 2.11. The van der Waals surface area contributed by atoms with Crippen LogP contribution >= 0.6 is 0 Å². The average Bonchev–Trinajstić information content (AvgIpc) is 2.41. The fraction of sp³-hybridized carbons (Fsp3) is 0.462. The maximum atomic E-state index is 11.1. The molecule has 0 radical (unpaired) electrons. The molecule has 1 rings (SSSR count). The van der Waals surface area contributed by atoms with Crippen LogP contribution in [-0.4, -0.2) is 61.3 Å². The molecule has 0 fully saturated rings. The molecule has 0 saturated carbocycles. The number of likely N-dealkylation sites (N-methyl/N-ethyl adjacent to an activating group) is 1. The Hall–Kier alpha value is -2.19. The highest BCUT2D eigenvalue weighted by Crippen LogP contribution is 2.22. The Morgan fingerprint density at radius 1 is 1.43 bits per heavy atom. The van der Waals surface area contributed by atoms with Crippen molar-refractivity contribution >= 4 is 17.3 Å². The van der Waals surface area contributed by atoms with E-state index in [1.807, 2.05) is 19.0 Å². The number of ether oxygens (including phenoxy) is 1. The minimum absolute atomic E-state index is 0.00566. The number of carboxylic acid groups (broad SMARTS) is 1. The first-order valence-corrected chi connectivity index (χ1v) is 6.40. The van der Waals surface area contributed by atoms with E-state index in [0.717, 1.165) is 6.54 Å². The molecule has 0 saturated heterocycles. The number of hydrogen-bond acceptors (Lipinski definition) is 6. The SMILES string of the molecule is CN(C)CCOCCNc1cc([N+](=O)[O-])ccc1C(=O)O. The van der Waals surface area contributed by atoms with Gasteiger partial charge in [-0.3, -0.25) is 10.1 Å². The predicted molar refractivity (Wildman–Crippen MR) is 77.9 cm³/mol. The van der Waals surface area contributed by atoms with E-state index in [4.69, 9.17) is 9.84 Å². The van der Waals surface area contributed by atoms with Gasteiger partial charge in [0.05, 0.1) is 29.4 Å². The summed E-state index contributed by atoms with van der Waals surface area (Å²) in [6.07, 6.45) is 0. The van der Waals surface area contributed by atoms with Crippen LogP contribution in [0.3, 0.4) is 0 Å². The van der Waals surface area contributed by atoms with E-state index < -0.39 is 10.9 Å². The Balaban J connectivity index is 2.57. The summed E-state index contributed by atoms with van der Waals surface area (Å²) in [5.74, 6) is -1.14. The number of carbonyl (C=O) groups is 1. The van der Waals surface area contributed by atoms with Gasteiger partial charge >= 0.3 is 5.97 Å². The molecule has 0 aliphatic heterocycles. The number of non-ortho nitro benzene ring substituents is 1. The van der Waals surface area contributed by atoms with Crippen LogP contribution in [0, 0.1) is 10.1 Å². The van der Waals surface area contributed by atoms with Crippen molar-refractivity contribution in [2.24, 2.45) is 0 Å². The lowest BCUT2D eigenvalue weighted by Crippen LogP contribution is -2.20. The lowest BCUT2D eigenvalue weighted by molar-refractivity contribution is -0.384. The lowest BCUT2D eigenvalue weighted by Gasteiger charge is -2.12. The van der Waals surface area contributed by atoms with Crippen LogP contribution in [0.1, 0.15) is 10.4 Å². The molecule has 0 heterocycles. The van der Waals surface area contributed by atoms with Crippen molar-refractivity contribution in [3.63, 3.8) is 0 Å². The van der Waals surface area contributed by atoms with Crippen LogP contribution in [0.4, 0.5) is 11.4 Å². The second kappa shape index (κ2) is 8.18. The fourth-order valence-corrected chi connectivity index (χ4v) is 1.59. The number of nitrogens with one attached hydrogen (secondary N) is 1. The van der Waals surface area contributed by atoms with Gasteiger partial charge in [-0.2, -0.15) is 0 Å². The number of anilines is 1. The zero-order valence-electron chi connectivity index (χ0n) is 12.0. The van der Waals surface area contributed by atoms with Crippen LogP contribution in [-0.2, 0) is 4.74 Å². The van der Waals surface area contributed by atoms with Crippen molar-refractivity contribution in [1.82, 2.24) is 4.90 Å². The third-order valence-electron chi connectivity index (χ3n) is 2.69. The highest BCUT2D eigenvalue weighted by Gasteiger charge is 2.14. The molecule has 0 amide bonds. The van der Waals surface area contributed by atoms with Gasteiger partial charge in [-0.1, -0.05) is 0 Å². The summed E-state index contributed by atoms with van der Waals surface area (Å²) in [6, 6.07) is 3.60. The van der Waals surface area contributed by atoms with E-state index in [1.165, 1.54) is 18.2 Å². The first-order chi connectivity index (χ1) is 9.91. The Bertz CT molecular complexity index is 505. The predicted octanol–water partition coefficient (Wildman–Crippen LogP) is 1.28. The number of benzene rings is 1. The molecule has 0 aromatic heterocycles. The maximum Gasteiger partial charge on any atom is 0.337 e. The van der Waals surface area contributed by atoms with Crippen LogP contribution < -0.4 is 5.32 Å². The molecule has 2 N–H and O–H groups in total. The lowest BCUT2D eigenvalue weighted by atomic mass is 10.1. The van der Waals surface area contributed by atoms with E-state index in [-0.39, 0.29) is 16.9 Å². The van der Waals surface area contributed by atoms with Crippen molar-refractivity contribution in [1.29, 1.82) is 0 Å². The minimum Gasteiger partial charge on any atom is -0.478 e. The van der Waals surface area contributed by atoms with Gasteiger partial charge in [0.25, 0.3) is 5.69 Å². The van der Waals surface area contributed by atoms with E-state index in [2.05, 4.69) is 5.32 Å². The molecule has 0 unspecified atom stereocenters. The van der Waals surface area contributed by atoms with Crippen molar-refractivity contribution in [2.75, 3.05) is 45.7 Å². The van der Waals surface area contributed by atoms with E-state index in [0.29, 0.717) is 19.8 Å². The molecule has 8 nitrogen and oxygen atoms in total. The van der Waals surface area contributed by atoms with Gasteiger partial charge in [0, 0.05) is 25.2 Å². The highest BCUT2D eigenvalue weighted by molar-refractivity contribution is 5.94. The second-order valence-corrected chi connectivity index (χ2v) is 4.63. The zero-order valence-corrected chi connectivity index (χ0v) is 12.0. The molecular weight excluding hydrogens is 278 g/mol. The molecule has 1 aromatic rings. The number of aromatic carboxylic acids is 1. The van der Waals surface area contributed by atoms with Gasteiger partial charge in [-0.25, -0.2) is 4.79 Å². The first kappa shape index (κ1) is 16.9. The number of nitro groups is 1. The van der Waals surface area contributed by atoms with Crippen molar-refractivity contribution in [3.05, 3.63) is 33.9 Å². The molecular formula is C13H19N3O5. The summed E-state index contributed by atoms with van der Waals surface area (Å²) >= 11 is 0. The largest absolute Gasteiger partial charge is 0.478 e. The number of hydrogen-bond donors (Lipinski definition) is 2. The Kier molecular flexibility index (Phi) is 6.57. The third-order valence-corrected chi connectivity index (χ3v) is 2.69. The molecule has 0 spiro atoms. The van der Waals surface area contributed by atoms with Crippen molar-refractivity contribution in [2.45, 2.75) is 0 Å². The number of rotatable bonds is 9. The van der Waals surface area contributed by atoms with Gasteiger partial charge in [-0.05, 0) is 20.2 Å². The average molecular weight is 297 g/mol. The number of nitro benzene ring substituents is 1. The number of nitrogens with zero attached hydrogens (tertiary/aromatic N) is 2. The van der Waals surface area contributed by atoms with Gasteiger partial charge in [0.2, 0.25) is 0 Å². The van der Waals surface area contributed by atoms with Crippen LogP contribution in [0.25, 0.3) is 0 Å². The van der Waals surface area contributed by atoms with Crippen molar-refractivity contribution in [3.8, 4) is 0 Å². The second-order valence-electron chi connectivity index (χ2n) is 4.63. The molecule has 0 atom stereocenters. The molecule has 0 aliphatic carbocycles. The summed E-state index contributed by atoms with van der Waals surface area (Å²) in [5.41, 5.74) is 0.0535. The van der Waals surface area contributed by atoms with E-state index in [1.54, 1.807) is 0 Å². The summed E-state index contributed by atoms with van der Waals surface area (Å²) < 4.78 is 5.36. The Morgan fingerprint density at radius 2 is 2.14 bits per heavy atom. The molecule has 1 aromatic carbocycles. The van der Waals surface area contributed by atoms with E-state index >= 15 is 0 Å². The quantitative estimate of drug-likeness (QED) is 0.402. The molecule has 116 valence electrons. The summed E-state index contributed by atoms with van der Waals surface area (Å²) in [7, 11) is 3.87. The molecule has 0 bridgehead atoms. The third kappa shape index (κ3) is 5.76. The standard InChI is InChI=1S/C13H19N3O5/c1-15(2)6-8-21-7-5-14-12-9-10(16(19)20)3-4-11(12)13(17)18/h3-4,9,14H,5-8H2,1-2H3,(H,17,18). The summed E-state index contributed by atoms with van der Waals surface area (Å²) in [4.78, 5) is 23.2. The van der Waals surface area contributed by atoms with E-state index in [9.17, 15) is 14.9 Å². The van der Waals surface area contributed by atoms with Gasteiger partial charge in [0.1, 0.15) is 0 Å². The number of carboxylic acids is 1.